The zero-order valence-electron chi connectivity index (χ0n) is 15.2. The highest BCUT2D eigenvalue weighted by Gasteiger charge is 2.35. The minimum Gasteiger partial charge on any atom is -0.469 e. The number of hydrogen-bond donors (Lipinski definition) is 0. The number of carbonyl (C=O) groups is 1. The van der Waals surface area contributed by atoms with Crippen LogP contribution in [-0.4, -0.2) is 52.1 Å². The third-order valence-electron chi connectivity index (χ3n) is 4.41. The average molecular weight is 409 g/mol. The number of hydrogen-bond acceptors (Lipinski definition) is 5. The lowest BCUT2D eigenvalue weighted by atomic mass is 9.94. The molecular weight excluding hydrogens is 387 g/mol. The van der Waals surface area contributed by atoms with Gasteiger partial charge in [-0.2, -0.15) is 17.5 Å². The smallest absolute Gasteiger partial charge is 0.416 e. The fraction of sp³-hybridized carbons (Fsp3) is 0.588. The maximum absolute atomic E-state index is 13.3. The monoisotopic (exact) mass is 409 g/mol. The van der Waals surface area contributed by atoms with Crippen LogP contribution in [0.2, 0.25) is 0 Å². The first-order chi connectivity index (χ1) is 12.4. The number of benzene rings is 1. The predicted octanol–water partition coefficient (Wildman–Crippen LogP) is 2.78. The van der Waals surface area contributed by atoms with E-state index in [2.05, 4.69) is 4.74 Å². The summed E-state index contributed by atoms with van der Waals surface area (Å²) < 4.78 is 75.7. The van der Waals surface area contributed by atoms with Gasteiger partial charge in [0, 0.05) is 20.0 Å². The number of nitrogens with zero attached hydrogens (tertiary/aromatic N) is 1. The van der Waals surface area contributed by atoms with E-state index in [0.717, 1.165) is 10.4 Å². The summed E-state index contributed by atoms with van der Waals surface area (Å²) in [5, 5.41) is 0. The minimum absolute atomic E-state index is 0.0227. The van der Waals surface area contributed by atoms with Crippen LogP contribution in [0.1, 0.15) is 36.8 Å². The maximum Gasteiger partial charge on any atom is 0.416 e. The summed E-state index contributed by atoms with van der Waals surface area (Å²) in [4.78, 5) is 10.9. The molecule has 27 heavy (non-hydrogen) atoms. The summed E-state index contributed by atoms with van der Waals surface area (Å²) in [7, 11) is -1.58. The van der Waals surface area contributed by atoms with Crippen LogP contribution >= 0.6 is 0 Å². The second-order valence-corrected chi connectivity index (χ2v) is 8.59. The van der Waals surface area contributed by atoms with Crippen molar-refractivity contribution in [3.8, 4) is 0 Å². The summed E-state index contributed by atoms with van der Waals surface area (Å²) >= 11 is 0. The minimum atomic E-state index is -4.69. The highest BCUT2D eigenvalue weighted by Crippen LogP contribution is 2.35. The molecule has 1 saturated heterocycles. The molecule has 0 radical (unpaired) electrons. The first-order valence-corrected chi connectivity index (χ1v) is 9.76. The molecule has 1 aromatic rings. The zero-order valence-corrected chi connectivity index (χ0v) is 16.1. The van der Waals surface area contributed by atoms with Gasteiger partial charge in [0.15, 0.2) is 0 Å². The van der Waals surface area contributed by atoms with Gasteiger partial charge in [0.25, 0.3) is 0 Å². The Morgan fingerprint density at radius 1 is 1.37 bits per heavy atom. The van der Waals surface area contributed by atoms with Crippen LogP contribution in [0.5, 0.6) is 0 Å². The average Bonchev–Trinajstić information content (AvgIpc) is 3.41. The molecule has 1 heterocycles. The first-order valence-electron chi connectivity index (χ1n) is 8.32. The van der Waals surface area contributed by atoms with Crippen LogP contribution in [0, 0.1) is 0 Å². The third kappa shape index (κ3) is 5.66. The Hall–Kier alpha value is -1.65. The summed E-state index contributed by atoms with van der Waals surface area (Å²) in [5.41, 5.74) is -0.845. The Balaban J connectivity index is 2.37. The SMILES string of the molecule is COC(=O)CCC(C)c1cc(C(F)(F)F)cc(S(=O)(=O)N(C)C[C@H]2CO2)c1. The van der Waals surface area contributed by atoms with Crippen LogP contribution in [0.3, 0.4) is 0 Å². The van der Waals surface area contributed by atoms with E-state index in [1.54, 1.807) is 6.92 Å². The quantitative estimate of drug-likeness (QED) is 0.488. The first kappa shape index (κ1) is 21.6. The number of rotatable bonds is 8. The van der Waals surface area contributed by atoms with E-state index in [1.807, 2.05) is 0 Å². The topological polar surface area (TPSA) is 76.2 Å². The predicted molar refractivity (Wildman–Crippen MR) is 90.7 cm³/mol. The number of halogens is 3. The standard InChI is InChI=1S/C17H22F3NO5S/c1-11(4-5-16(22)25-3)12-6-13(17(18,19)20)8-15(7-12)27(23,24)21(2)9-14-10-26-14/h6-8,11,14H,4-5,9-10H2,1-3H3/t11?,14-/m0/s1. The summed E-state index contributed by atoms with van der Waals surface area (Å²) in [6.07, 6.45) is -4.66. The fourth-order valence-corrected chi connectivity index (χ4v) is 3.84. The molecule has 1 unspecified atom stereocenters. The van der Waals surface area contributed by atoms with E-state index < -0.39 is 38.5 Å². The van der Waals surface area contributed by atoms with Crippen molar-refractivity contribution in [3.05, 3.63) is 29.3 Å². The Morgan fingerprint density at radius 2 is 2.00 bits per heavy atom. The highest BCUT2D eigenvalue weighted by atomic mass is 32.2. The van der Waals surface area contributed by atoms with Gasteiger partial charge in [-0.3, -0.25) is 4.79 Å². The van der Waals surface area contributed by atoms with E-state index in [-0.39, 0.29) is 31.1 Å². The molecule has 10 heteroatoms. The molecule has 0 amide bonds. The molecule has 1 aromatic carbocycles. The lowest BCUT2D eigenvalue weighted by molar-refractivity contribution is -0.141. The van der Waals surface area contributed by atoms with Gasteiger partial charge >= 0.3 is 12.1 Å². The number of esters is 1. The van der Waals surface area contributed by atoms with Crippen LogP contribution in [0.15, 0.2) is 23.1 Å². The van der Waals surface area contributed by atoms with Crippen molar-refractivity contribution in [2.45, 2.75) is 42.9 Å². The number of ether oxygens (including phenoxy) is 2. The van der Waals surface area contributed by atoms with Crippen molar-refractivity contribution < 1.29 is 35.9 Å². The van der Waals surface area contributed by atoms with Crippen LogP contribution < -0.4 is 0 Å². The van der Waals surface area contributed by atoms with Gasteiger partial charge in [-0.1, -0.05) is 6.92 Å². The molecule has 2 rings (SSSR count). The molecule has 0 aliphatic carbocycles. The Morgan fingerprint density at radius 3 is 2.52 bits per heavy atom. The molecule has 0 bridgehead atoms. The van der Waals surface area contributed by atoms with Crippen molar-refractivity contribution in [3.63, 3.8) is 0 Å². The molecule has 2 atom stereocenters. The number of likely N-dealkylation sites (N-methyl/N-ethyl adjacent to an activating group) is 1. The Kier molecular flexibility index (Phi) is 6.54. The number of epoxide rings is 1. The molecule has 152 valence electrons. The van der Waals surface area contributed by atoms with E-state index in [0.29, 0.717) is 12.7 Å². The van der Waals surface area contributed by atoms with Gasteiger partial charge in [0.1, 0.15) is 0 Å². The highest BCUT2D eigenvalue weighted by molar-refractivity contribution is 7.89. The van der Waals surface area contributed by atoms with Crippen molar-refractivity contribution in [1.82, 2.24) is 4.31 Å². The van der Waals surface area contributed by atoms with Crippen LogP contribution in [-0.2, 0) is 30.5 Å². The molecule has 0 spiro atoms. The van der Waals surface area contributed by atoms with Crippen molar-refractivity contribution in [2.75, 3.05) is 27.3 Å². The molecule has 0 saturated carbocycles. The summed E-state index contributed by atoms with van der Waals surface area (Å²) in [5.74, 6) is -0.941. The van der Waals surface area contributed by atoms with E-state index in [1.165, 1.54) is 20.2 Å². The lowest BCUT2D eigenvalue weighted by Crippen LogP contribution is -2.31. The van der Waals surface area contributed by atoms with Crippen LogP contribution in [0.25, 0.3) is 0 Å². The third-order valence-corrected chi connectivity index (χ3v) is 6.21. The molecule has 6 nitrogen and oxygen atoms in total. The van der Waals surface area contributed by atoms with Gasteiger partial charge in [0.2, 0.25) is 10.0 Å². The van der Waals surface area contributed by atoms with Gasteiger partial charge in [-0.25, -0.2) is 8.42 Å². The second kappa shape index (κ2) is 8.15. The van der Waals surface area contributed by atoms with Gasteiger partial charge in [0.05, 0.1) is 30.3 Å². The zero-order chi connectivity index (χ0) is 20.4. The van der Waals surface area contributed by atoms with Gasteiger partial charge < -0.3 is 9.47 Å². The molecule has 0 aromatic heterocycles. The van der Waals surface area contributed by atoms with E-state index in [9.17, 15) is 26.4 Å². The second-order valence-electron chi connectivity index (χ2n) is 6.55. The van der Waals surface area contributed by atoms with Gasteiger partial charge in [-0.15, -0.1) is 0 Å². The normalized spacial score (nSPS) is 18.4. The Labute approximate surface area is 156 Å². The van der Waals surface area contributed by atoms with Crippen LogP contribution in [0.4, 0.5) is 13.2 Å². The largest absolute Gasteiger partial charge is 0.469 e. The number of alkyl halides is 3. The number of sulfonamides is 1. The number of carbonyl (C=O) groups excluding carboxylic acids is 1. The summed E-state index contributed by atoms with van der Waals surface area (Å²) in [6.45, 7) is 2.14. The van der Waals surface area contributed by atoms with Crippen molar-refractivity contribution in [2.24, 2.45) is 0 Å². The van der Waals surface area contributed by atoms with E-state index in [4.69, 9.17) is 4.74 Å². The fourth-order valence-electron chi connectivity index (χ4n) is 2.56. The molecular formula is C17H22F3NO5S. The van der Waals surface area contributed by atoms with Gasteiger partial charge in [-0.05, 0) is 36.1 Å². The maximum atomic E-state index is 13.3. The lowest BCUT2D eigenvalue weighted by Gasteiger charge is -2.20. The van der Waals surface area contributed by atoms with E-state index >= 15 is 0 Å². The van der Waals surface area contributed by atoms with Crippen molar-refractivity contribution >= 4 is 16.0 Å². The molecule has 1 aliphatic rings. The summed E-state index contributed by atoms with van der Waals surface area (Å²) in [6, 6.07) is 2.79. The molecule has 1 aliphatic heterocycles. The molecule has 1 fully saturated rings. The molecule has 0 N–H and O–H groups in total. The van der Waals surface area contributed by atoms with Crippen molar-refractivity contribution in [1.29, 1.82) is 0 Å². The number of methoxy groups -OCH3 is 1. The Bertz CT molecular complexity index is 790.